The number of benzene rings is 1. The number of carbonyl (C=O) groups is 1. The third kappa shape index (κ3) is 4.94. The molecular formula is C13H17ClFNO4S. The van der Waals surface area contributed by atoms with E-state index >= 15 is 0 Å². The summed E-state index contributed by atoms with van der Waals surface area (Å²) in [6, 6.07) is 2.19. The van der Waals surface area contributed by atoms with Crippen LogP contribution in [0.3, 0.4) is 0 Å². The predicted octanol–water partition coefficient (Wildman–Crippen LogP) is 2.22. The van der Waals surface area contributed by atoms with Crippen LogP contribution in [0.2, 0.25) is 0 Å². The van der Waals surface area contributed by atoms with E-state index in [0.717, 1.165) is 6.07 Å². The van der Waals surface area contributed by atoms with Gasteiger partial charge >= 0.3 is 0 Å². The Kier molecular flexibility index (Phi) is 6.12. The molecular weight excluding hydrogens is 321 g/mol. The molecule has 0 aromatic heterocycles. The molecule has 1 amide bonds. The van der Waals surface area contributed by atoms with Gasteiger partial charge in [-0.3, -0.25) is 4.79 Å². The number of carbonyl (C=O) groups excluding carboxylic acids is 1. The molecule has 0 saturated heterocycles. The molecule has 1 aromatic carbocycles. The van der Waals surface area contributed by atoms with E-state index in [1.165, 1.54) is 13.0 Å². The van der Waals surface area contributed by atoms with E-state index in [2.05, 4.69) is 5.32 Å². The van der Waals surface area contributed by atoms with Crippen LogP contribution in [-0.4, -0.2) is 33.6 Å². The topological polar surface area (TPSA) is 72.5 Å². The quantitative estimate of drug-likeness (QED) is 0.808. The molecule has 21 heavy (non-hydrogen) atoms. The largest absolute Gasteiger partial charge is 0.377 e. The SMILES string of the molecule is CCOC(C)CNC(=O)c1cc(C)c(F)c(S(=O)(=O)Cl)c1. The van der Waals surface area contributed by atoms with Gasteiger partial charge in [0.25, 0.3) is 15.0 Å². The van der Waals surface area contributed by atoms with Crippen molar-refractivity contribution in [3.05, 3.63) is 29.1 Å². The van der Waals surface area contributed by atoms with Crippen molar-refractivity contribution in [2.24, 2.45) is 0 Å². The van der Waals surface area contributed by atoms with E-state index in [1.807, 2.05) is 6.92 Å². The van der Waals surface area contributed by atoms with Crippen LogP contribution in [0, 0.1) is 12.7 Å². The summed E-state index contributed by atoms with van der Waals surface area (Å²) in [5, 5.41) is 2.58. The van der Waals surface area contributed by atoms with Crippen molar-refractivity contribution in [3.8, 4) is 0 Å². The molecule has 0 spiro atoms. The second-order valence-electron chi connectivity index (χ2n) is 4.52. The Morgan fingerprint density at radius 2 is 2.10 bits per heavy atom. The fourth-order valence-electron chi connectivity index (χ4n) is 1.73. The first-order chi connectivity index (χ1) is 9.66. The molecule has 0 aliphatic carbocycles. The normalized spacial score (nSPS) is 13.0. The third-order valence-corrected chi connectivity index (χ3v) is 4.07. The predicted molar refractivity (Wildman–Crippen MR) is 77.6 cm³/mol. The molecule has 0 bridgehead atoms. The van der Waals surface area contributed by atoms with Crippen molar-refractivity contribution >= 4 is 25.6 Å². The molecule has 1 atom stereocenters. The van der Waals surface area contributed by atoms with Crippen LogP contribution < -0.4 is 5.32 Å². The van der Waals surface area contributed by atoms with Gasteiger partial charge in [0.2, 0.25) is 0 Å². The van der Waals surface area contributed by atoms with E-state index in [1.54, 1.807) is 6.92 Å². The van der Waals surface area contributed by atoms with E-state index in [-0.39, 0.29) is 23.8 Å². The minimum atomic E-state index is -4.26. The highest BCUT2D eigenvalue weighted by Crippen LogP contribution is 2.23. The van der Waals surface area contributed by atoms with Gasteiger partial charge in [-0.25, -0.2) is 12.8 Å². The Hall–Kier alpha value is -1.18. The monoisotopic (exact) mass is 337 g/mol. The number of ether oxygens (including phenoxy) is 1. The maximum Gasteiger partial charge on any atom is 0.264 e. The molecule has 0 aliphatic heterocycles. The number of hydrogen-bond acceptors (Lipinski definition) is 4. The zero-order valence-electron chi connectivity index (χ0n) is 11.9. The minimum Gasteiger partial charge on any atom is -0.377 e. The summed E-state index contributed by atoms with van der Waals surface area (Å²) in [5.41, 5.74) is 0.0524. The van der Waals surface area contributed by atoms with Crippen molar-refractivity contribution < 1.29 is 22.3 Å². The zero-order valence-corrected chi connectivity index (χ0v) is 13.5. The van der Waals surface area contributed by atoms with Gasteiger partial charge in [0.05, 0.1) is 6.10 Å². The van der Waals surface area contributed by atoms with Crippen molar-refractivity contribution in [1.82, 2.24) is 5.32 Å². The Bertz CT molecular complexity index is 633. The first-order valence-electron chi connectivity index (χ1n) is 6.31. The number of rotatable bonds is 6. The molecule has 0 saturated carbocycles. The lowest BCUT2D eigenvalue weighted by atomic mass is 10.1. The van der Waals surface area contributed by atoms with Gasteiger partial charge in [0, 0.05) is 29.4 Å². The average molecular weight is 338 g/mol. The summed E-state index contributed by atoms with van der Waals surface area (Å²) in [6.45, 7) is 5.75. The van der Waals surface area contributed by atoms with Crippen LogP contribution in [0.4, 0.5) is 4.39 Å². The van der Waals surface area contributed by atoms with E-state index in [9.17, 15) is 17.6 Å². The number of amides is 1. The molecule has 1 N–H and O–H groups in total. The molecule has 0 radical (unpaired) electrons. The third-order valence-electron chi connectivity index (χ3n) is 2.75. The summed E-state index contributed by atoms with van der Waals surface area (Å²) >= 11 is 0. The maximum atomic E-state index is 13.7. The summed E-state index contributed by atoms with van der Waals surface area (Å²) < 4.78 is 41.6. The molecule has 5 nitrogen and oxygen atoms in total. The molecule has 1 unspecified atom stereocenters. The second kappa shape index (κ2) is 7.20. The Labute approximate surface area is 127 Å². The van der Waals surface area contributed by atoms with Gasteiger partial charge in [0.1, 0.15) is 10.7 Å². The molecule has 0 heterocycles. The molecule has 118 valence electrons. The van der Waals surface area contributed by atoms with E-state index in [4.69, 9.17) is 15.4 Å². The van der Waals surface area contributed by atoms with Gasteiger partial charge in [-0.1, -0.05) is 0 Å². The van der Waals surface area contributed by atoms with Crippen LogP contribution in [0.15, 0.2) is 17.0 Å². The Morgan fingerprint density at radius 3 is 2.62 bits per heavy atom. The van der Waals surface area contributed by atoms with Gasteiger partial charge < -0.3 is 10.1 Å². The Balaban J connectivity index is 2.99. The summed E-state index contributed by atoms with van der Waals surface area (Å²) in [7, 11) is 0.902. The number of halogens is 2. The molecule has 8 heteroatoms. The molecule has 0 fully saturated rings. The number of hydrogen-bond donors (Lipinski definition) is 1. The second-order valence-corrected chi connectivity index (χ2v) is 7.05. The molecule has 1 aromatic rings. The van der Waals surface area contributed by atoms with Crippen molar-refractivity contribution in [3.63, 3.8) is 0 Å². The fourth-order valence-corrected chi connectivity index (χ4v) is 2.71. The lowest BCUT2D eigenvalue weighted by molar-refractivity contribution is 0.0695. The smallest absolute Gasteiger partial charge is 0.264 e. The van der Waals surface area contributed by atoms with Crippen molar-refractivity contribution in [2.75, 3.05) is 13.2 Å². The molecule has 0 aliphatic rings. The van der Waals surface area contributed by atoms with Gasteiger partial charge in [-0.15, -0.1) is 0 Å². The van der Waals surface area contributed by atoms with Crippen LogP contribution >= 0.6 is 10.7 Å². The first-order valence-corrected chi connectivity index (χ1v) is 8.62. The lowest BCUT2D eigenvalue weighted by Gasteiger charge is -2.13. The van der Waals surface area contributed by atoms with Crippen molar-refractivity contribution in [1.29, 1.82) is 0 Å². The van der Waals surface area contributed by atoms with E-state index in [0.29, 0.717) is 6.61 Å². The first kappa shape index (κ1) is 17.9. The van der Waals surface area contributed by atoms with Crippen molar-refractivity contribution in [2.45, 2.75) is 31.8 Å². The standard InChI is InChI=1S/C13H17ClFNO4S/c1-4-20-9(3)7-16-13(17)10-5-8(2)12(15)11(6-10)21(14,18)19/h5-6,9H,4,7H2,1-3H3,(H,16,17). The number of nitrogens with one attached hydrogen (secondary N) is 1. The maximum absolute atomic E-state index is 13.7. The minimum absolute atomic E-state index is 0.0248. The van der Waals surface area contributed by atoms with Gasteiger partial charge in [-0.2, -0.15) is 0 Å². The Morgan fingerprint density at radius 1 is 1.48 bits per heavy atom. The van der Waals surface area contributed by atoms with Crippen LogP contribution in [0.1, 0.15) is 29.8 Å². The highest BCUT2D eigenvalue weighted by Gasteiger charge is 2.21. The highest BCUT2D eigenvalue weighted by molar-refractivity contribution is 8.13. The number of aryl methyl sites for hydroxylation is 1. The summed E-state index contributed by atoms with van der Waals surface area (Å²) in [6.07, 6.45) is -0.184. The van der Waals surface area contributed by atoms with Gasteiger partial charge in [-0.05, 0) is 38.5 Å². The van der Waals surface area contributed by atoms with E-state index < -0.39 is 25.7 Å². The van der Waals surface area contributed by atoms with Crippen LogP contribution in [0.5, 0.6) is 0 Å². The molecule has 1 rings (SSSR count). The lowest BCUT2D eigenvalue weighted by Crippen LogP contribution is -2.32. The van der Waals surface area contributed by atoms with Crippen LogP contribution in [0.25, 0.3) is 0 Å². The van der Waals surface area contributed by atoms with Crippen LogP contribution in [-0.2, 0) is 13.8 Å². The van der Waals surface area contributed by atoms with Gasteiger partial charge in [0.15, 0.2) is 0 Å². The average Bonchev–Trinajstić information content (AvgIpc) is 2.38. The summed E-state index contributed by atoms with van der Waals surface area (Å²) in [4.78, 5) is 11.3. The highest BCUT2D eigenvalue weighted by atomic mass is 35.7. The zero-order chi connectivity index (χ0) is 16.2. The summed E-state index contributed by atoms with van der Waals surface area (Å²) in [5.74, 6) is -1.48. The fraction of sp³-hybridized carbons (Fsp3) is 0.462.